The fraction of sp³-hybridized carbons (Fsp3) is 0.0909. The van der Waals surface area contributed by atoms with E-state index in [1.807, 2.05) is 12.1 Å². The second-order valence-electron chi connectivity index (χ2n) is 3.15. The van der Waals surface area contributed by atoms with E-state index in [0.717, 1.165) is 23.0 Å². The summed E-state index contributed by atoms with van der Waals surface area (Å²) in [7, 11) is 0. The number of thioether (sulfide) groups is 1. The first kappa shape index (κ1) is 11.5. The number of hydrogen-bond acceptors (Lipinski definition) is 5. The third kappa shape index (κ3) is 3.25. The second-order valence-corrected chi connectivity index (χ2v) is 4.09. The van der Waals surface area contributed by atoms with Crippen LogP contribution in [0.15, 0.2) is 41.9 Å². The van der Waals surface area contributed by atoms with Gasteiger partial charge in [-0.3, -0.25) is 9.78 Å². The van der Waals surface area contributed by atoms with Gasteiger partial charge >= 0.3 is 5.97 Å². The van der Waals surface area contributed by atoms with Crippen LogP contribution in [-0.2, 0) is 4.79 Å². The van der Waals surface area contributed by atoms with Crippen molar-refractivity contribution < 1.29 is 9.90 Å². The average Bonchev–Trinajstić information content (AvgIpc) is 2.38. The highest BCUT2D eigenvalue weighted by atomic mass is 32.2. The molecule has 6 heteroatoms. The molecule has 2 aromatic heterocycles. The molecule has 86 valence electrons. The number of aromatic nitrogens is 3. The van der Waals surface area contributed by atoms with Crippen molar-refractivity contribution in [2.45, 2.75) is 5.16 Å². The number of rotatable bonds is 4. The highest BCUT2D eigenvalue weighted by Gasteiger charge is 2.05. The highest BCUT2D eigenvalue weighted by Crippen LogP contribution is 2.18. The summed E-state index contributed by atoms with van der Waals surface area (Å²) in [6.45, 7) is 0. The van der Waals surface area contributed by atoms with Gasteiger partial charge < -0.3 is 5.11 Å². The van der Waals surface area contributed by atoms with Crippen LogP contribution in [0.3, 0.4) is 0 Å². The first-order valence-electron chi connectivity index (χ1n) is 4.84. The van der Waals surface area contributed by atoms with Crippen LogP contribution in [0.5, 0.6) is 0 Å². The van der Waals surface area contributed by atoms with Crippen molar-refractivity contribution in [1.29, 1.82) is 0 Å². The molecular weight excluding hydrogens is 238 g/mol. The van der Waals surface area contributed by atoms with Crippen LogP contribution in [0.4, 0.5) is 0 Å². The second kappa shape index (κ2) is 5.40. The van der Waals surface area contributed by atoms with Crippen LogP contribution in [-0.4, -0.2) is 31.8 Å². The molecule has 0 amide bonds. The molecule has 0 aliphatic heterocycles. The van der Waals surface area contributed by atoms with Crippen molar-refractivity contribution in [2.24, 2.45) is 0 Å². The normalized spacial score (nSPS) is 10.1. The number of aliphatic carboxylic acids is 1. The van der Waals surface area contributed by atoms with Crippen molar-refractivity contribution >= 4 is 17.7 Å². The van der Waals surface area contributed by atoms with Crippen molar-refractivity contribution in [2.75, 3.05) is 5.75 Å². The lowest BCUT2D eigenvalue weighted by Crippen LogP contribution is -1.99. The molecule has 0 fully saturated rings. The van der Waals surface area contributed by atoms with Gasteiger partial charge in [0.05, 0.1) is 11.4 Å². The van der Waals surface area contributed by atoms with Crippen LogP contribution in [0.2, 0.25) is 0 Å². The van der Waals surface area contributed by atoms with E-state index in [9.17, 15) is 4.79 Å². The largest absolute Gasteiger partial charge is 0.481 e. The Labute approximate surface area is 102 Å². The monoisotopic (exact) mass is 247 g/mol. The fourth-order valence-corrected chi connectivity index (χ4v) is 1.76. The Morgan fingerprint density at radius 2 is 2.24 bits per heavy atom. The third-order valence-electron chi connectivity index (χ3n) is 1.92. The van der Waals surface area contributed by atoms with Crippen molar-refractivity contribution in [3.63, 3.8) is 0 Å². The fourth-order valence-electron chi connectivity index (χ4n) is 1.21. The zero-order valence-corrected chi connectivity index (χ0v) is 9.59. The minimum atomic E-state index is -0.884. The minimum Gasteiger partial charge on any atom is -0.481 e. The van der Waals surface area contributed by atoms with E-state index in [0.29, 0.717) is 5.16 Å². The molecule has 2 rings (SSSR count). The smallest absolute Gasteiger partial charge is 0.313 e. The van der Waals surface area contributed by atoms with Gasteiger partial charge in [0.15, 0.2) is 5.16 Å². The molecule has 0 unspecified atom stereocenters. The number of carboxylic acid groups (broad SMARTS) is 1. The molecule has 0 spiro atoms. The van der Waals surface area contributed by atoms with Crippen LogP contribution in [0.25, 0.3) is 11.3 Å². The lowest BCUT2D eigenvalue weighted by atomic mass is 10.2. The molecular formula is C11H9N3O2S. The maximum atomic E-state index is 10.4. The topological polar surface area (TPSA) is 76.0 Å². The summed E-state index contributed by atoms with van der Waals surface area (Å²) in [4.78, 5) is 22.7. The Morgan fingerprint density at radius 3 is 2.94 bits per heavy atom. The molecule has 5 nitrogen and oxygen atoms in total. The van der Waals surface area contributed by atoms with Gasteiger partial charge in [-0.25, -0.2) is 9.97 Å². The van der Waals surface area contributed by atoms with Gasteiger partial charge in [-0.1, -0.05) is 11.8 Å². The zero-order chi connectivity index (χ0) is 12.1. The van der Waals surface area contributed by atoms with Gasteiger partial charge in [0.1, 0.15) is 0 Å². The van der Waals surface area contributed by atoms with E-state index in [1.165, 1.54) is 0 Å². The third-order valence-corrected chi connectivity index (χ3v) is 2.76. The standard InChI is InChI=1S/C11H9N3O2S/c15-10(16)7-17-11-13-5-3-9(14-11)8-2-1-4-12-6-8/h1-6H,7H2,(H,15,16). The van der Waals surface area contributed by atoms with Gasteiger partial charge in [0.25, 0.3) is 0 Å². The Morgan fingerprint density at radius 1 is 1.35 bits per heavy atom. The van der Waals surface area contributed by atoms with Crippen molar-refractivity contribution in [3.8, 4) is 11.3 Å². The van der Waals surface area contributed by atoms with Crippen molar-refractivity contribution in [1.82, 2.24) is 15.0 Å². The summed E-state index contributed by atoms with van der Waals surface area (Å²) in [5, 5.41) is 9.03. The number of nitrogens with zero attached hydrogens (tertiary/aromatic N) is 3. The van der Waals surface area contributed by atoms with Gasteiger partial charge in [-0.15, -0.1) is 0 Å². The Kier molecular flexibility index (Phi) is 3.66. The highest BCUT2D eigenvalue weighted by molar-refractivity contribution is 7.99. The summed E-state index contributed by atoms with van der Waals surface area (Å²) in [5.74, 6) is -0.929. The predicted molar refractivity (Wildman–Crippen MR) is 63.6 cm³/mol. The molecule has 0 aliphatic carbocycles. The summed E-state index contributed by atoms with van der Waals surface area (Å²) >= 11 is 1.10. The lowest BCUT2D eigenvalue weighted by molar-refractivity contribution is -0.133. The van der Waals surface area contributed by atoms with Crippen LogP contribution in [0, 0.1) is 0 Å². The Bertz CT molecular complexity index is 519. The minimum absolute atomic E-state index is 0.0451. The van der Waals surface area contributed by atoms with E-state index in [1.54, 1.807) is 24.7 Å². The maximum Gasteiger partial charge on any atom is 0.313 e. The van der Waals surface area contributed by atoms with E-state index in [2.05, 4.69) is 15.0 Å². The first-order chi connectivity index (χ1) is 8.25. The van der Waals surface area contributed by atoms with E-state index >= 15 is 0 Å². The average molecular weight is 247 g/mol. The predicted octanol–water partition coefficient (Wildman–Crippen LogP) is 1.72. The maximum absolute atomic E-state index is 10.4. The van der Waals surface area contributed by atoms with Gasteiger partial charge in [-0.05, 0) is 18.2 Å². The van der Waals surface area contributed by atoms with Gasteiger partial charge in [0, 0.05) is 24.2 Å². The number of carbonyl (C=O) groups is 1. The summed E-state index contributed by atoms with van der Waals surface area (Å²) in [6, 6.07) is 5.48. The molecule has 0 bridgehead atoms. The molecule has 1 N–H and O–H groups in total. The van der Waals surface area contributed by atoms with Gasteiger partial charge in [-0.2, -0.15) is 0 Å². The number of hydrogen-bond donors (Lipinski definition) is 1. The number of pyridine rings is 1. The van der Waals surface area contributed by atoms with E-state index < -0.39 is 5.97 Å². The zero-order valence-electron chi connectivity index (χ0n) is 8.78. The molecule has 2 heterocycles. The van der Waals surface area contributed by atoms with E-state index in [-0.39, 0.29) is 5.75 Å². The lowest BCUT2D eigenvalue weighted by Gasteiger charge is -2.01. The Balaban J connectivity index is 2.20. The molecule has 0 aromatic carbocycles. The molecule has 0 aliphatic rings. The molecule has 0 radical (unpaired) electrons. The number of carboxylic acids is 1. The van der Waals surface area contributed by atoms with E-state index in [4.69, 9.17) is 5.11 Å². The molecule has 2 aromatic rings. The molecule has 17 heavy (non-hydrogen) atoms. The quantitative estimate of drug-likeness (QED) is 0.654. The molecule has 0 saturated heterocycles. The summed E-state index contributed by atoms with van der Waals surface area (Å²) in [5.41, 5.74) is 1.62. The summed E-state index contributed by atoms with van der Waals surface area (Å²) in [6.07, 6.45) is 5.00. The Hall–Kier alpha value is -1.95. The van der Waals surface area contributed by atoms with Gasteiger partial charge in [0.2, 0.25) is 0 Å². The van der Waals surface area contributed by atoms with Crippen LogP contribution in [0.1, 0.15) is 0 Å². The SMILES string of the molecule is O=C(O)CSc1nccc(-c2cccnc2)n1. The first-order valence-corrected chi connectivity index (χ1v) is 5.82. The molecule has 0 saturated carbocycles. The van der Waals surface area contributed by atoms with Crippen LogP contribution < -0.4 is 0 Å². The van der Waals surface area contributed by atoms with Crippen LogP contribution >= 0.6 is 11.8 Å². The van der Waals surface area contributed by atoms with Crippen molar-refractivity contribution in [3.05, 3.63) is 36.8 Å². The molecule has 0 atom stereocenters. The summed E-state index contributed by atoms with van der Waals surface area (Å²) < 4.78 is 0.